The molecule has 1 aliphatic rings. The van der Waals surface area contributed by atoms with Crippen molar-refractivity contribution in [2.45, 2.75) is 39.5 Å². The van der Waals surface area contributed by atoms with Gasteiger partial charge >= 0.3 is 5.97 Å². The molecule has 0 heterocycles. The molecule has 0 radical (unpaired) electrons. The van der Waals surface area contributed by atoms with Gasteiger partial charge in [-0.1, -0.05) is 22.4 Å². The van der Waals surface area contributed by atoms with Crippen LogP contribution in [-0.2, 0) is 9.59 Å². The second-order valence-electron chi connectivity index (χ2n) is 5.59. The van der Waals surface area contributed by atoms with Gasteiger partial charge in [-0.2, -0.15) is 0 Å². The Bertz CT molecular complexity index is 541. The van der Waals surface area contributed by atoms with Crippen LogP contribution in [0.15, 0.2) is 16.6 Å². The summed E-state index contributed by atoms with van der Waals surface area (Å²) in [6.07, 6.45) is 2.12. The highest BCUT2D eigenvalue weighted by Gasteiger charge is 2.45. The predicted octanol–water partition coefficient (Wildman–Crippen LogP) is 3.65. The van der Waals surface area contributed by atoms with Crippen LogP contribution in [0, 0.1) is 19.3 Å². The smallest absolute Gasteiger partial charge is 0.310 e. The molecule has 0 spiro atoms. The van der Waals surface area contributed by atoms with E-state index in [1.165, 1.54) is 0 Å². The fourth-order valence-electron chi connectivity index (χ4n) is 2.60. The van der Waals surface area contributed by atoms with E-state index >= 15 is 0 Å². The van der Waals surface area contributed by atoms with E-state index in [4.69, 9.17) is 0 Å². The number of halogens is 1. The molecule has 0 unspecified atom stereocenters. The van der Waals surface area contributed by atoms with Crippen molar-refractivity contribution in [3.05, 3.63) is 27.7 Å². The van der Waals surface area contributed by atoms with Gasteiger partial charge in [-0.25, -0.2) is 0 Å². The highest BCUT2D eigenvalue weighted by molar-refractivity contribution is 9.10. The molecule has 108 valence electrons. The number of anilines is 1. The first-order chi connectivity index (χ1) is 9.34. The van der Waals surface area contributed by atoms with Crippen molar-refractivity contribution in [2.24, 2.45) is 5.41 Å². The number of hydrogen-bond donors (Lipinski definition) is 2. The fraction of sp³-hybridized carbons (Fsp3) is 0.467. The quantitative estimate of drug-likeness (QED) is 0.879. The van der Waals surface area contributed by atoms with Gasteiger partial charge in [0.05, 0.1) is 5.41 Å². The number of aliphatic carboxylic acids is 1. The molecule has 0 saturated heterocycles. The third-order valence-corrected chi connectivity index (χ3v) is 5.23. The Hall–Kier alpha value is -1.36. The van der Waals surface area contributed by atoms with Gasteiger partial charge in [0.1, 0.15) is 0 Å². The maximum Gasteiger partial charge on any atom is 0.310 e. The van der Waals surface area contributed by atoms with E-state index in [1.807, 2.05) is 26.0 Å². The van der Waals surface area contributed by atoms with Crippen LogP contribution in [0.2, 0.25) is 0 Å². The number of nitrogens with one attached hydrogen (secondary N) is 1. The molecule has 0 aromatic heterocycles. The van der Waals surface area contributed by atoms with Gasteiger partial charge in [-0.15, -0.1) is 0 Å². The SMILES string of the molecule is Cc1cc(NC(=O)CC2(C(=O)O)CCC2)cc(C)c1Br. The molecule has 5 heteroatoms. The lowest BCUT2D eigenvalue weighted by atomic mass is 9.66. The zero-order valence-corrected chi connectivity index (χ0v) is 13.2. The molecule has 1 aromatic carbocycles. The molecule has 2 N–H and O–H groups in total. The molecule has 0 aliphatic heterocycles. The van der Waals surface area contributed by atoms with Crippen LogP contribution in [0.1, 0.15) is 36.8 Å². The Labute approximate surface area is 126 Å². The minimum atomic E-state index is -0.859. The molecule has 1 saturated carbocycles. The van der Waals surface area contributed by atoms with Crippen LogP contribution in [0.3, 0.4) is 0 Å². The average molecular weight is 340 g/mol. The van der Waals surface area contributed by atoms with E-state index in [1.54, 1.807) is 0 Å². The molecule has 4 nitrogen and oxygen atoms in total. The van der Waals surface area contributed by atoms with Crippen molar-refractivity contribution in [3.8, 4) is 0 Å². The number of carbonyl (C=O) groups is 2. The number of benzene rings is 1. The first kappa shape index (κ1) is 15.0. The minimum absolute atomic E-state index is 0.0521. The van der Waals surface area contributed by atoms with Gasteiger partial charge in [-0.3, -0.25) is 9.59 Å². The normalized spacial score (nSPS) is 16.4. The van der Waals surface area contributed by atoms with E-state index in [-0.39, 0.29) is 12.3 Å². The third-order valence-electron chi connectivity index (χ3n) is 3.98. The summed E-state index contributed by atoms with van der Waals surface area (Å²) in [4.78, 5) is 23.3. The average Bonchev–Trinajstić information content (AvgIpc) is 2.30. The van der Waals surface area contributed by atoms with Crippen molar-refractivity contribution in [3.63, 3.8) is 0 Å². The molecular weight excluding hydrogens is 322 g/mol. The highest BCUT2D eigenvalue weighted by Crippen LogP contribution is 2.44. The van der Waals surface area contributed by atoms with Gasteiger partial charge in [0.15, 0.2) is 0 Å². The Morgan fingerprint density at radius 1 is 1.30 bits per heavy atom. The lowest BCUT2D eigenvalue weighted by Gasteiger charge is -2.36. The van der Waals surface area contributed by atoms with Crippen LogP contribution in [0.4, 0.5) is 5.69 Å². The highest BCUT2D eigenvalue weighted by atomic mass is 79.9. The van der Waals surface area contributed by atoms with Crippen LogP contribution < -0.4 is 5.32 Å². The molecule has 20 heavy (non-hydrogen) atoms. The second kappa shape index (κ2) is 5.56. The number of rotatable bonds is 4. The van der Waals surface area contributed by atoms with Crippen LogP contribution in [0.25, 0.3) is 0 Å². The van der Waals surface area contributed by atoms with E-state index in [2.05, 4.69) is 21.2 Å². The van der Waals surface area contributed by atoms with Gasteiger partial charge in [0.2, 0.25) is 5.91 Å². The summed E-state index contributed by atoms with van der Waals surface area (Å²) in [6, 6.07) is 3.76. The van der Waals surface area contributed by atoms with Crippen LogP contribution >= 0.6 is 15.9 Å². The van der Waals surface area contributed by atoms with Crippen molar-refractivity contribution in [1.29, 1.82) is 0 Å². The van der Waals surface area contributed by atoms with Crippen molar-refractivity contribution in [2.75, 3.05) is 5.32 Å². The molecule has 0 atom stereocenters. The lowest BCUT2D eigenvalue weighted by Crippen LogP contribution is -2.41. The third kappa shape index (κ3) is 2.87. The van der Waals surface area contributed by atoms with Gasteiger partial charge in [0.25, 0.3) is 0 Å². The largest absolute Gasteiger partial charge is 0.481 e. The van der Waals surface area contributed by atoms with Gasteiger partial charge < -0.3 is 10.4 Å². The topological polar surface area (TPSA) is 66.4 Å². The number of aryl methyl sites for hydroxylation is 2. The number of hydrogen-bond acceptors (Lipinski definition) is 2. The summed E-state index contributed by atoms with van der Waals surface area (Å²) in [6.45, 7) is 3.91. The van der Waals surface area contributed by atoms with E-state index < -0.39 is 11.4 Å². The van der Waals surface area contributed by atoms with E-state index in [0.717, 1.165) is 22.0 Å². The molecule has 2 rings (SSSR count). The molecular formula is C15H18BrNO3. The maximum atomic E-state index is 12.0. The Morgan fingerprint density at radius 2 is 1.85 bits per heavy atom. The summed E-state index contributed by atoms with van der Waals surface area (Å²) in [5.41, 5.74) is 1.95. The molecule has 0 bridgehead atoms. The van der Waals surface area contributed by atoms with Crippen molar-refractivity contribution >= 4 is 33.5 Å². The van der Waals surface area contributed by atoms with Crippen LogP contribution in [-0.4, -0.2) is 17.0 Å². The number of amides is 1. The summed E-state index contributed by atoms with van der Waals surface area (Å²) < 4.78 is 1.02. The summed E-state index contributed by atoms with van der Waals surface area (Å²) in [5.74, 6) is -1.09. The molecule has 1 fully saturated rings. The van der Waals surface area contributed by atoms with Crippen LogP contribution in [0.5, 0.6) is 0 Å². The Balaban J connectivity index is 2.07. The number of carboxylic acid groups (broad SMARTS) is 1. The zero-order valence-electron chi connectivity index (χ0n) is 11.6. The number of carboxylic acids is 1. The summed E-state index contributed by atoms with van der Waals surface area (Å²) in [5, 5.41) is 12.0. The van der Waals surface area contributed by atoms with Crippen molar-refractivity contribution < 1.29 is 14.7 Å². The standard InChI is InChI=1S/C15H18BrNO3/c1-9-6-11(7-10(2)13(9)16)17-12(18)8-15(14(19)20)4-3-5-15/h6-7H,3-5,8H2,1-2H3,(H,17,18)(H,19,20). The molecule has 1 amide bonds. The summed E-state index contributed by atoms with van der Waals surface area (Å²) in [7, 11) is 0. The second-order valence-corrected chi connectivity index (χ2v) is 6.38. The predicted molar refractivity (Wildman–Crippen MR) is 80.8 cm³/mol. The maximum absolute atomic E-state index is 12.0. The Kier molecular flexibility index (Phi) is 4.18. The first-order valence-electron chi connectivity index (χ1n) is 6.64. The fourth-order valence-corrected chi connectivity index (χ4v) is 2.83. The van der Waals surface area contributed by atoms with Gasteiger partial charge in [-0.05, 0) is 49.9 Å². The lowest BCUT2D eigenvalue weighted by molar-refractivity contribution is -0.157. The summed E-state index contributed by atoms with van der Waals surface area (Å²) >= 11 is 3.48. The molecule has 1 aliphatic carbocycles. The first-order valence-corrected chi connectivity index (χ1v) is 7.43. The monoisotopic (exact) mass is 339 g/mol. The van der Waals surface area contributed by atoms with Crippen molar-refractivity contribution in [1.82, 2.24) is 0 Å². The van der Waals surface area contributed by atoms with E-state index in [0.29, 0.717) is 18.5 Å². The van der Waals surface area contributed by atoms with Gasteiger partial charge in [0, 0.05) is 16.6 Å². The zero-order chi connectivity index (χ0) is 14.9. The number of carbonyl (C=O) groups excluding carboxylic acids is 1. The molecule has 1 aromatic rings. The Morgan fingerprint density at radius 3 is 2.25 bits per heavy atom. The van der Waals surface area contributed by atoms with E-state index in [9.17, 15) is 14.7 Å². The minimum Gasteiger partial charge on any atom is -0.481 e.